The third-order valence-electron chi connectivity index (χ3n) is 12.9. The largest absolute Gasteiger partial charge is 0.453 e. The molecule has 0 atom stereocenters. The molecule has 1 aliphatic carbocycles. The molecule has 0 N–H and O–H groups in total. The normalized spacial score (nSPS) is 14.7. The third-order valence-corrected chi connectivity index (χ3v) is 12.9. The maximum absolute atomic E-state index is 6.84. The van der Waals surface area contributed by atoms with Crippen molar-refractivity contribution in [3.05, 3.63) is 204 Å². The first-order valence-electron chi connectivity index (χ1n) is 20.4. The summed E-state index contributed by atoms with van der Waals surface area (Å²) in [7, 11) is 0. The van der Waals surface area contributed by atoms with Crippen LogP contribution in [0.5, 0.6) is 11.5 Å². The van der Waals surface area contributed by atoms with Crippen molar-refractivity contribution in [1.82, 2.24) is 0 Å². The number of anilines is 6. The summed E-state index contributed by atoms with van der Waals surface area (Å²) in [5.74, 6) is 1.76. The minimum Gasteiger partial charge on any atom is -0.453 e. The maximum atomic E-state index is 6.84. The molecular weight excluding hydrogens is 705 g/mol. The minimum atomic E-state index is -0.321. The van der Waals surface area contributed by atoms with Gasteiger partial charge in [-0.05, 0) is 117 Å². The Kier molecular flexibility index (Phi) is 7.46. The second kappa shape index (κ2) is 12.6. The Morgan fingerprint density at radius 1 is 0.431 bits per heavy atom. The Hall–Kier alpha value is -6.84. The number of nitrogens with zero attached hydrogens (tertiary/aromatic N) is 2. The van der Waals surface area contributed by atoms with Gasteiger partial charge < -0.3 is 14.5 Å². The SMILES string of the molecule is Cc1cc(-c2ccccc2)cc2c1N1c3ccc(N(c4ccc5c(c4)C(C)(C)c4ccccc4-5)c4ccccc4-c4ccccc4)cc3C(C)(C)c3cccc(c31)O2. The van der Waals surface area contributed by atoms with Crippen LogP contribution < -0.4 is 14.5 Å². The van der Waals surface area contributed by atoms with Crippen LogP contribution in [0.3, 0.4) is 0 Å². The summed E-state index contributed by atoms with van der Waals surface area (Å²) in [5.41, 5.74) is 20.1. The number of benzene rings is 8. The topological polar surface area (TPSA) is 15.7 Å². The van der Waals surface area contributed by atoms with E-state index in [2.05, 4.69) is 220 Å². The fraction of sp³-hybridized carbons (Fsp3) is 0.127. The summed E-state index contributed by atoms with van der Waals surface area (Å²) in [6.45, 7) is 11.7. The highest BCUT2D eigenvalue weighted by Crippen LogP contribution is 2.62. The van der Waals surface area contributed by atoms with Gasteiger partial charge in [-0.2, -0.15) is 0 Å². The molecule has 280 valence electrons. The fourth-order valence-corrected chi connectivity index (χ4v) is 10.0. The lowest BCUT2D eigenvalue weighted by atomic mass is 9.72. The molecule has 3 nitrogen and oxygen atoms in total. The molecule has 8 aromatic carbocycles. The zero-order chi connectivity index (χ0) is 39.3. The van der Waals surface area contributed by atoms with Crippen molar-refractivity contribution < 1.29 is 4.74 Å². The van der Waals surface area contributed by atoms with E-state index in [0.717, 1.165) is 45.5 Å². The average molecular weight is 749 g/mol. The first-order valence-corrected chi connectivity index (χ1v) is 20.4. The van der Waals surface area contributed by atoms with E-state index in [4.69, 9.17) is 4.74 Å². The van der Waals surface area contributed by atoms with E-state index in [9.17, 15) is 0 Å². The third kappa shape index (κ3) is 4.99. The van der Waals surface area contributed by atoms with E-state index < -0.39 is 0 Å². The van der Waals surface area contributed by atoms with Crippen LogP contribution in [0, 0.1) is 6.92 Å². The lowest BCUT2D eigenvalue weighted by molar-refractivity contribution is 0.471. The number of ether oxygens (including phenoxy) is 1. The molecule has 0 radical (unpaired) electrons. The molecule has 11 rings (SSSR count). The molecular formula is C55H44N2O. The van der Waals surface area contributed by atoms with Crippen LogP contribution in [0.1, 0.15) is 55.5 Å². The van der Waals surface area contributed by atoms with Gasteiger partial charge in [0, 0.05) is 27.8 Å². The van der Waals surface area contributed by atoms with Crippen LogP contribution >= 0.6 is 0 Å². The quantitative estimate of drug-likeness (QED) is 0.174. The Morgan fingerprint density at radius 2 is 1.03 bits per heavy atom. The van der Waals surface area contributed by atoms with Gasteiger partial charge in [-0.3, -0.25) is 0 Å². The van der Waals surface area contributed by atoms with Gasteiger partial charge in [-0.1, -0.05) is 149 Å². The molecule has 0 bridgehead atoms. The van der Waals surface area contributed by atoms with Crippen molar-refractivity contribution in [2.24, 2.45) is 0 Å². The highest BCUT2D eigenvalue weighted by atomic mass is 16.5. The van der Waals surface area contributed by atoms with Crippen LogP contribution in [-0.4, -0.2) is 0 Å². The molecule has 0 amide bonds. The summed E-state index contributed by atoms with van der Waals surface area (Å²) in [6.07, 6.45) is 0. The molecule has 8 aromatic rings. The molecule has 0 unspecified atom stereocenters. The van der Waals surface area contributed by atoms with Gasteiger partial charge in [0.1, 0.15) is 0 Å². The molecule has 0 saturated carbocycles. The summed E-state index contributed by atoms with van der Waals surface area (Å²) in [4.78, 5) is 4.95. The summed E-state index contributed by atoms with van der Waals surface area (Å²) < 4.78 is 6.84. The molecule has 0 fully saturated rings. The smallest absolute Gasteiger partial charge is 0.152 e. The molecule has 3 heteroatoms. The number of hydrogen-bond acceptors (Lipinski definition) is 3. The minimum absolute atomic E-state index is 0.131. The van der Waals surface area contributed by atoms with E-state index in [0.29, 0.717) is 0 Å². The zero-order valence-corrected chi connectivity index (χ0v) is 33.5. The van der Waals surface area contributed by atoms with Gasteiger partial charge in [0.2, 0.25) is 0 Å². The molecule has 2 aliphatic heterocycles. The van der Waals surface area contributed by atoms with Crippen molar-refractivity contribution in [2.45, 2.75) is 45.4 Å². The second-order valence-electron chi connectivity index (χ2n) is 17.0. The van der Waals surface area contributed by atoms with Gasteiger partial charge in [-0.25, -0.2) is 0 Å². The predicted octanol–water partition coefficient (Wildman–Crippen LogP) is 15.3. The average Bonchev–Trinajstić information content (AvgIpc) is 3.48. The van der Waals surface area contributed by atoms with E-state index >= 15 is 0 Å². The summed E-state index contributed by atoms with van der Waals surface area (Å²) in [5, 5.41) is 0. The van der Waals surface area contributed by atoms with Crippen LogP contribution in [0.15, 0.2) is 176 Å². The zero-order valence-electron chi connectivity index (χ0n) is 33.5. The fourth-order valence-electron chi connectivity index (χ4n) is 10.0. The van der Waals surface area contributed by atoms with Gasteiger partial charge >= 0.3 is 0 Å². The standard InChI is InChI=1S/C55H44N2O/c1-35-31-38(36-17-8-6-9-18-36)32-51-52(35)57-49-30-28-40(34-47(49)55(4,5)45-24-16-26-50(58-51)53(45)57)56(48-25-15-13-21-41(48)37-19-10-7-11-20-37)39-27-29-43-42-22-12-14-23-44(42)54(2,3)46(43)33-39/h6-34H,1-5H3. The van der Waals surface area contributed by atoms with Crippen LogP contribution in [0.4, 0.5) is 34.1 Å². The number of aryl methyl sites for hydroxylation is 1. The first kappa shape index (κ1) is 34.4. The molecule has 0 aromatic heterocycles. The Bertz CT molecular complexity index is 2940. The van der Waals surface area contributed by atoms with Crippen molar-refractivity contribution >= 4 is 34.1 Å². The van der Waals surface area contributed by atoms with Crippen LogP contribution in [0.25, 0.3) is 33.4 Å². The highest BCUT2D eigenvalue weighted by molar-refractivity contribution is 5.97. The number of para-hydroxylation sites is 2. The molecule has 58 heavy (non-hydrogen) atoms. The maximum Gasteiger partial charge on any atom is 0.152 e. The predicted molar refractivity (Wildman–Crippen MR) is 241 cm³/mol. The van der Waals surface area contributed by atoms with Crippen molar-refractivity contribution in [3.63, 3.8) is 0 Å². The van der Waals surface area contributed by atoms with Crippen molar-refractivity contribution in [3.8, 4) is 44.9 Å². The van der Waals surface area contributed by atoms with E-state index in [1.807, 2.05) is 0 Å². The Balaban J connectivity index is 1.13. The lowest BCUT2D eigenvalue weighted by Gasteiger charge is -2.45. The molecule has 3 aliphatic rings. The van der Waals surface area contributed by atoms with E-state index in [-0.39, 0.29) is 10.8 Å². The number of fused-ring (bicyclic) bond motifs is 7. The second-order valence-corrected chi connectivity index (χ2v) is 17.0. The van der Waals surface area contributed by atoms with Crippen LogP contribution in [-0.2, 0) is 10.8 Å². The van der Waals surface area contributed by atoms with Gasteiger partial charge in [0.15, 0.2) is 11.5 Å². The van der Waals surface area contributed by atoms with Crippen LogP contribution in [0.2, 0.25) is 0 Å². The number of hydrogen-bond donors (Lipinski definition) is 0. The van der Waals surface area contributed by atoms with E-state index in [1.165, 1.54) is 61.3 Å². The number of rotatable bonds is 5. The highest BCUT2D eigenvalue weighted by Gasteiger charge is 2.43. The van der Waals surface area contributed by atoms with Gasteiger partial charge in [0.05, 0.1) is 22.7 Å². The first-order chi connectivity index (χ1) is 28.2. The van der Waals surface area contributed by atoms with Crippen molar-refractivity contribution in [2.75, 3.05) is 9.80 Å². The van der Waals surface area contributed by atoms with Gasteiger partial charge in [-0.15, -0.1) is 0 Å². The van der Waals surface area contributed by atoms with Gasteiger partial charge in [0.25, 0.3) is 0 Å². The molecule has 0 saturated heterocycles. The summed E-state index contributed by atoms with van der Waals surface area (Å²) >= 11 is 0. The monoisotopic (exact) mass is 748 g/mol. The van der Waals surface area contributed by atoms with E-state index in [1.54, 1.807) is 0 Å². The van der Waals surface area contributed by atoms with Crippen molar-refractivity contribution in [1.29, 1.82) is 0 Å². The Morgan fingerprint density at radius 3 is 1.81 bits per heavy atom. The lowest BCUT2D eigenvalue weighted by Crippen LogP contribution is -2.33. The molecule has 2 heterocycles. The summed E-state index contributed by atoms with van der Waals surface area (Å²) in [6, 6.07) is 64.4. The Labute approximate surface area is 341 Å². The molecule has 0 spiro atoms.